The van der Waals surface area contributed by atoms with E-state index in [0.29, 0.717) is 0 Å². The lowest BCUT2D eigenvalue weighted by molar-refractivity contribution is 0.355. The van der Waals surface area contributed by atoms with E-state index in [0.717, 1.165) is 5.56 Å². The maximum Gasteiger partial charge on any atom is 0.0912 e. The Morgan fingerprint density at radius 1 is 1.54 bits per heavy atom. The van der Waals surface area contributed by atoms with E-state index in [4.69, 9.17) is 5.26 Å². The van der Waals surface area contributed by atoms with Gasteiger partial charge >= 0.3 is 0 Å². The van der Waals surface area contributed by atoms with Crippen molar-refractivity contribution >= 4 is 6.08 Å². The SMILES string of the molecule is CC(C)(C)n1cc(C=CC#N)cn1. The molecule has 1 aromatic rings. The number of nitrogens with zero attached hydrogens (tertiary/aromatic N) is 3. The molecule has 1 rings (SSSR count). The first-order chi connectivity index (χ1) is 6.04. The predicted octanol–water partition coefficient (Wildman–Crippen LogP) is 2.17. The molecule has 13 heavy (non-hydrogen) atoms. The van der Waals surface area contributed by atoms with Crippen LogP contribution in [0.25, 0.3) is 6.08 Å². The monoisotopic (exact) mass is 175 g/mol. The first-order valence-electron chi connectivity index (χ1n) is 4.15. The Hall–Kier alpha value is -1.56. The van der Waals surface area contributed by atoms with Gasteiger partial charge in [-0.3, -0.25) is 4.68 Å². The fourth-order valence-corrected chi connectivity index (χ4v) is 0.923. The van der Waals surface area contributed by atoms with Crippen LogP contribution in [0.5, 0.6) is 0 Å². The summed E-state index contributed by atoms with van der Waals surface area (Å²) in [5.41, 5.74) is 0.954. The van der Waals surface area contributed by atoms with Crippen molar-refractivity contribution in [3.05, 3.63) is 24.0 Å². The molecule has 0 aliphatic rings. The summed E-state index contributed by atoms with van der Waals surface area (Å²) in [6.07, 6.45) is 6.87. The average Bonchev–Trinajstić information content (AvgIpc) is 2.47. The van der Waals surface area contributed by atoms with Crippen LogP contribution >= 0.6 is 0 Å². The van der Waals surface area contributed by atoms with E-state index in [1.54, 1.807) is 12.3 Å². The normalized spacial score (nSPS) is 11.8. The van der Waals surface area contributed by atoms with E-state index < -0.39 is 0 Å². The third kappa shape index (κ3) is 2.45. The van der Waals surface area contributed by atoms with E-state index in [1.165, 1.54) is 6.08 Å². The molecule has 0 bridgehead atoms. The molecule has 0 saturated carbocycles. The zero-order chi connectivity index (χ0) is 9.90. The van der Waals surface area contributed by atoms with Gasteiger partial charge in [-0.05, 0) is 26.8 Å². The molecule has 0 aliphatic heterocycles. The second-order valence-corrected chi connectivity index (χ2v) is 3.85. The highest BCUT2D eigenvalue weighted by Gasteiger charge is 2.12. The molecule has 0 N–H and O–H groups in total. The number of nitriles is 1. The maximum absolute atomic E-state index is 8.33. The van der Waals surface area contributed by atoms with Crippen LogP contribution in [-0.2, 0) is 5.54 Å². The molecule has 3 heteroatoms. The van der Waals surface area contributed by atoms with Crippen LogP contribution in [0.4, 0.5) is 0 Å². The summed E-state index contributed by atoms with van der Waals surface area (Å²) in [4.78, 5) is 0. The van der Waals surface area contributed by atoms with Crippen LogP contribution in [0, 0.1) is 11.3 Å². The molecule has 0 radical (unpaired) electrons. The van der Waals surface area contributed by atoms with Crippen molar-refractivity contribution in [3.8, 4) is 6.07 Å². The zero-order valence-corrected chi connectivity index (χ0v) is 8.15. The standard InChI is InChI=1S/C10H13N3/c1-10(2,3)13-8-9(7-12-13)5-4-6-11/h4-5,7-8H,1-3H3. The minimum absolute atomic E-state index is 0.00126. The topological polar surface area (TPSA) is 41.6 Å². The number of allylic oxidation sites excluding steroid dienone is 1. The quantitative estimate of drug-likeness (QED) is 0.614. The lowest BCUT2D eigenvalue weighted by Gasteiger charge is -2.18. The second kappa shape index (κ2) is 3.44. The Morgan fingerprint density at radius 2 is 2.23 bits per heavy atom. The average molecular weight is 175 g/mol. The summed E-state index contributed by atoms with van der Waals surface area (Å²) in [5, 5.41) is 12.5. The van der Waals surface area contributed by atoms with Crippen molar-refractivity contribution in [1.82, 2.24) is 9.78 Å². The first-order valence-corrected chi connectivity index (χ1v) is 4.15. The molecular formula is C10H13N3. The van der Waals surface area contributed by atoms with Crippen LogP contribution < -0.4 is 0 Å². The fraction of sp³-hybridized carbons (Fsp3) is 0.400. The van der Waals surface area contributed by atoms with Crippen LogP contribution in [0.1, 0.15) is 26.3 Å². The Morgan fingerprint density at radius 3 is 2.69 bits per heavy atom. The summed E-state index contributed by atoms with van der Waals surface area (Å²) in [6.45, 7) is 6.24. The van der Waals surface area contributed by atoms with Gasteiger partial charge in [-0.15, -0.1) is 0 Å². The largest absolute Gasteiger partial charge is 0.267 e. The Balaban J connectivity index is 2.89. The minimum Gasteiger partial charge on any atom is -0.267 e. The summed E-state index contributed by atoms with van der Waals surface area (Å²) in [7, 11) is 0. The molecule has 68 valence electrons. The first kappa shape index (κ1) is 9.53. The van der Waals surface area contributed by atoms with Gasteiger partial charge in [0, 0.05) is 17.8 Å². The Bertz CT molecular complexity index is 347. The van der Waals surface area contributed by atoms with Gasteiger partial charge in [-0.2, -0.15) is 10.4 Å². The van der Waals surface area contributed by atoms with Gasteiger partial charge in [0.1, 0.15) is 0 Å². The van der Waals surface area contributed by atoms with Crippen molar-refractivity contribution in [3.63, 3.8) is 0 Å². The number of rotatable bonds is 1. The zero-order valence-electron chi connectivity index (χ0n) is 8.15. The van der Waals surface area contributed by atoms with Crippen molar-refractivity contribution in [2.45, 2.75) is 26.3 Å². The van der Waals surface area contributed by atoms with Crippen LogP contribution in [-0.4, -0.2) is 9.78 Å². The molecule has 0 unspecified atom stereocenters. The Labute approximate surface area is 78.3 Å². The molecule has 1 aromatic heterocycles. The summed E-state index contributed by atoms with van der Waals surface area (Å²) in [5.74, 6) is 0. The molecule has 0 fully saturated rings. The number of hydrogen-bond donors (Lipinski definition) is 0. The van der Waals surface area contributed by atoms with Crippen molar-refractivity contribution in [2.24, 2.45) is 0 Å². The Kier molecular flexibility index (Phi) is 2.52. The summed E-state index contributed by atoms with van der Waals surface area (Å²) < 4.78 is 1.88. The van der Waals surface area contributed by atoms with Gasteiger partial charge in [-0.25, -0.2) is 0 Å². The van der Waals surface area contributed by atoms with Crippen LogP contribution in [0.2, 0.25) is 0 Å². The van der Waals surface area contributed by atoms with Gasteiger partial charge in [0.15, 0.2) is 0 Å². The molecule has 3 nitrogen and oxygen atoms in total. The van der Waals surface area contributed by atoms with Crippen LogP contribution in [0.15, 0.2) is 18.5 Å². The molecular weight excluding hydrogens is 162 g/mol. The summed E-state index contributed by atoms with van der Waals surface area (Å²) in [6, 6.07) is 1.95. The van der Waals surface area contributed by atoms with E-state index in [1.807, 2.05) is 16.9 Å². The molecule has 0 atom stereocenters. The third-order valence-electron chi connectivity index (χ3n) is 1.64. The smallest absolute Gasteiger partial charge is 0.0912 e. The van der Waals surface area contributed by atoms with Gasteiger partial charge in [0.05, 0.1) is 17.8 Å². The van der Waals surface area contributed by atoms with E-state index in [2.05, 4.69) is 25.9 Å². The van der Waals surface area contributed by atoms with Gasteiger partial charge in [-0.1, -0.05) is 0 Å². The van der Waals surface area contributed by atoms with Gasteiger partial charge < -0.3 is 0 Å². The van der Waals surface area contributed by atoms with Crippen molar-refractivity contribution < 1.29 is 0 Å². The molecule has 1 heterocycles. The number of hydrogen-bond acceptors (Lipinski definition) is 2. The highest BCUT2D eigenvalue weighted by Crippen LogP contribution is 2.13. The van der Waals surface area contributed by atoms with E-state index in [9.17, 15) is 0 Å². The van der Waals surface area contributed by atoms with Crippen molar-refractivity contribution in [1.29, 1.82) is 5.26 Å². The summed E-state index contributed by atoms with van der Waals surface area (Å²) >= 11 is 0. The minimum atomic E-state index is -0.00126. The predicted molar refractivity (Wildman–Crippen MR) is 51.9 cm³/mol. The third-order valence-corrected chi connectivity index (χ3v) is 1.64. The van der Waals surface area contributed by atoms with E-state index in [-0.39, 0.29) is 5.54 Å². The van der Waals surface area contributed by atoms with Gasteiger partial charge in [0.2, 0.25) is 0 Å². The molecule has 0 saturated heterocycles. The maximum atomic E-state index is 8.33. The fourth-order valence-electron chi connectivity index (χ4n) is 0.923. The molecule has 0 aliphatic carbocycles. The second-order valence-electron chi connectivity index (χ2n) is 3.85. The molecule has 0 aromatic carbocycles. The lowest BCUT2D eigenvalue weighted by atomic mass is 10.1. The number of aromatic nitrogens is 2. The van der Waals surface area contributed by atoms with E-state index >= 15 is 0 Å². The van der Waals surface area contributed by atoms with Crippen LogP contribution in [0.3, 0.4) is 0 Å². The van der Waals surface area contributed by atoms with Crippen molar-refractivity contribution in [2.75, 3.05) is 0 Å². The molecule has 0 amide bonds. The van der Waals surface area contributed by atoms with Gasteiger partial charge in [0.25, 0.3) is 0 Å². The lowest BCUT2D eigenvalue weighted by Crippen LogP contribution is -2.21. The molecule has 0 spiro atoms. The highest BCUT2D eigenvalue weighted by molar-refractivity contribution is 5.49. The highest BCUT2D eigenvalue weighted by atomic mass is 15.3.